The number of piperazine rings is 1. The largest absolute Gasteiger partial charge is 0.489 e. The molecule has 1 saturated heterocycles. The van der Waals surface area contributed by atoms with Crippen LogP contribution in [0.2, 0.25) is 0 Å². The molecule has 1 aliphatic heterocycles. The molecule has 2 aromatic carbocycles. The molecule has 4 rings (SSSR count). The van der Waals surface area contributed by atoms with Gasteiger partial charge in [-0.15, -0.1) is 11.3 Å². The van der Waals surface area contributed by atoms with Crippen molar-refractivity contribution in [1.82, 2.24) is 15.1 Å². The van der Waals surface area contributed by atoms with E-state index in [1.54, 1.807) is 11.3 Å². The number of thiophene rings is 1. The number of carbonyl (C=O) groups is 1. The van der Waals surface area contributed by atoms with Crippen LogP contribution in [0.25, 0.3) is 0 Å². The van der Waals surface area contributed by atoms with E-state index in [4.69, 9.17) is 9.47 Å². The SMILES string of the molecule is CN1CCN([C@@H](CNC(=O)COc2ccc(OCc3ccccc3)cc2)c2cccs2)CC1. The molecule has 0 spiro atoms. The second-order valence-corrected chi connectivity index (χ2v) is 9.19. The molecule has 6 nitrogen and oxygen atoms in total. The van der Waals surface area contributed by atoms with E-state index in [0.717, 1.165) is 37.5 Å². The highest BCUT2D eigenvalue weighted by atomic mass is 32.1. The molecule has 1 N–H and O–H groups in total. The van der Waals surface area contributed by atoms with Crippen LogP contribution in [0.5, 0.6) is 11.5 Å². The number of benzene rings is 2. The Morgan fingerprint density at radius 3 is 2.30 bits per heavy atom. The summed E-state index contributed by atoms with van der Waals surface area (Å²) in [5, 5.41) is 5.16. The van der Waals surface area contributed by atoms with Crippen molar-refractivity contribution in [1.29, 1.82) is 0 Å². The molecular weight excluding hydrogens is 434 g/mol. The summed E-state index contributed by atoms with van der Waals surface area (Å²) in [7, 11) is 2.15. The van der Waals surface area contributed by atoms with Crippen LogP contribution < -0.4 is 14.8 Å². The van der Waals surface area contributed by atoms with E-state index < -0.39 is 0 Å². The first kappa shape index (κ1) is 23.3. The smallest absolute Gasteiger partial charge is 0.258 e. The fourth-order valence-corrected chi connectivity index (χ4v) is 4.67. The maximum absolute atomic E-state index is 12.5. The van der Waals surface area contributed by atoms with Crippen LogP contribution in [0, 0.1) is 0 Å². The molecule has 1 aliphatic rings. The molecule has 0 saturated carbocycles. The molecule has 3 aromatic rings. The van der Waals surface area contributed by atoms with E-state index in [2.05, 4.69) is 39.7 Å². The fraction of sp³-hybridized carbons (Fsp3) is 0.346. The van der Waals surface area contributed by atoms with Gasteiger partial charge in [-0.05, 0) is 48.3 Å². The number of nitrogens with one attached hydrogen (secondary N) is 1. The molecule has 1 amide bonds. The van der Waals surface area contributed by atoms with Gasteiger partial charge in [0.25, 0.3) is 5.91 Å². The maximum Gasteiger partial charge on any atom is 0.258 e. The molecule has 33 heavy (non-hydrogen) atoms. The normalized spacial score (nSPS) is 15.7. The summed E-state index contributed by atoms with van der Waals surface area (Å²) < 4.78 is 11.5. The highest BCUT2D eigenvalue weighted by molar-refractivity contribution is 7.10. The van der Waals surface area contributed by atoms with E-state index in [9.17, 15) is 4.79 Å². The topological polar surface area (TPSA) is 54.0 Å². The van der Waals surface area contributed by atoms with E-state index in [1.165, 1.54) is 4.88 Å². The summed E-state index contributed by atoms with van der Waals surface area (Å²) in [6.45, 7) is 5.19. The van der Waals surface area contributed by atoms with Crippen molar-refractivity contribution >= 4 is 17.2 Å². The van der Waals surface area contributed by atoms with Gasteiger partial charge in [0, 0.05) is 37.6 Å². The average Bonchev–Trinajstić information content (AvgIpc) is 3.39. The van der Waals surface area contributed by atoms with Crippen LogP contribution >= 0.6 is 11.3 Å². The summed E-state index contributed by atoms with van der Waals surface area (Å²) in [6.07, 6.45) is 0. The summed E-state index contributed by atoms with van der Waals surface area (Å²) in [4.78, 5) is 18.6. The lowest BCUT2D eigenvalue weighted by molar-refractivity contribution is -0.123. The lowest BCUT2D eigenvalue weighted by Gasteiger charge is -2.37. The zero-order valence-electron chi connectivity index (χ0n) is 19.0. The predicted molar refractivity (Wildman–Crippen MR) is 132 cm³/mol. The molecule has 174 valence electrons. The molecule has 1 fully saturated rings. The maximum atomic E-state index is 12.5. The van der Waals surface area contributed by atoms with Crippen molar-refractivity contribution in [2.45, 2.75) is 12.6 Å². The summed E-state index contributed by atoms with van der Waals surface area (Å²) in [5.74, 6) is 1.29. The second-order valence-electron chi connectivity index (χ2n) is 8.21. The zero-order valence-corrected chi connectivity index (χ0v) is 19.8. The third kappa shape index (κ3) is 7.05. The Kier molecular flexibility index (Phi) is 8.35. The van der Waals surface area contributed by atoms with Crippen LogP contribution in [0.4, 0.5) is 0 Å². The quantitative estimate of drug-likeness (QED) is 0.494. The van der Waals surface area contributed by atoms with Crippen LogP contribution in [0.3, 0.4) is 0 Å². The Bertz CT molecular complexity index is 972. The lowest BCUT2D eigenvalue weighted by atomic mass is 10.1. The number of likely N-dealkylation sites (N-methyl/N-ethyl adjacent to an activating group) is 1. The third-order valence-electron chi connectivity index (χ3n) is 5.78. The van der Waals surface area contributed by atoms with Gasteiger partial charge >= 0.3 is 0 Å². The third-order valence-corrected chi connectivity index (χ3v) is 6.76. The summed E-state index contributed by atoms with van der Waals surface area (Å²) >= 11 is 1.74. The highest BCUT2D eigenvalue weighted by Crippen LogP contribution is 2.25. The minimum atomic E-state index is -0.116. The molecule has 1 aromatic heterocycles. The number of amides is 1. The van der Waals surface area contributed by atoms with Crippen molar-refractivity contribution in [3.8, 4) is 11.5 Å². The molecule has 7 heteroatoms. The minimum Gasteiger partial charge on any atom is -0.489 e. The van der Waals surface area contributed by atoms with Gasteiger partial charge in [0.15, 0.2) is 6.61 Å². The Morgan fingerprint density at radius 2 is 1.64 bits per heavy atom. The first-order valence-electron chi connectivity index (χ1n) is 11.3. The highest BCUT2D eigenvalue weighted by Gasteiger charge is 2.25. The van der Waals surface area contributed by atoms with Crippen molar-refractivity contribution in [3.05, 3.63) is 82.6 Å². The molecule has 2 heterocycles. The molecule has 1 atom stereocenters. The van der Waals surface area contributed by atoms with Gasteiger partial charge in [-0.2, -0.15) is 0 Å². The van der Waals surface area contributed by atoms with Gasteiger partial charge in [0.1, 0.15) is 18.1 Å². The zero-order chi connectivity index (χ0) is 22.9. The first-order chi connectivity index (χ1) is 16.2. The van der Waals surface area contributed by atoms with Crippen LogP contribution in [0.1, 0.15) is 16.5 Å². The van der Waals surface area contributed by atoms with Gasteiger partial charge < -0.3 is 19.7 Å². The number of nitrogens with zero attached hydrogens (tertiary/aromatic N) is 2. The number of ether oxygens (including phenoxy) is 2. The van der Waals surface area contributed by atoms with Gasteiger partial charge in [0.05, 0.1) is 6.04 Å². The Labute approximate surface area is 199 Å². The van der Waals surface area contributed by atoms with E-state index in [1.807, 2.05) is 54.6 Å². The number of hydrogen-bond donors (Lipinski definition) is 1. The van der Waals surface area contributed by atoms with Crippen molar-refractivity contribution in [2.75, 3.05) is 46.4 Å². The van der Waals surface area contributed by atoms with Crippen LogP contribution in [0.15, 0.2) is 72.1 Å². The molecule has 0 bridgehead atoms. The van der Waals surface area contributed by atoms with Gasteiger partial charge in [-0.3, -0.25) is 9.69 Å². The Hall–Kier alpha value is -2.87. The van der Waals surface area contributed by atoms with Crippen molar-refractivity contribution in [3.63, 3.8) is 0 Å². The van der Waals surface area contributed by atoms with Crippen LogP contribution in [-0.4, -0.2) is 62.1 Å². The molecule has 0 radical (unpaired) electrons. The van der Waals surface area contributed by atoms with Gasteiger partial charge in [-0.1, -0.05) is 36.4 Å². The first-order valence-corrected chi connectivity index (χ1v) is 12.2. The van der Waals surface area contributed by atoms with Gasteiger partial charge in [0.2, 0.25) is 0 Å². The number of rotatable bonds is 10. The van der Waals surface area contributed by atoms with E-state index >= 15 is 0 Å². The minimum absolute atomic E-state index is 0.00980. The van der Waals surface area contributed by atoms with Gasteiger partial charge in [-0.25, -0.2) is 0 Å². The standard InChI is InChI=1S/C26H31N3O3S/c1-28-13-15-29(16-14-28)24(25-8-5-17-33-25)18-27-26(30)20-32-23-11-9-22(10-12-23)31-19-21-6-3-2-4-7-21/h2-12,17,24H,13-16,18-20H2,1H3,(H,27,30)/t24-/m0/s1. The molecular formula is C26H31N3O3S. The lowest BCUT2D eigenvalue weighted by Crippen LogP contribution is -2.48. The number of carbonyl (C=O) groups excluding carboxylic acids is 1. The van der Waals surface area contributed by atoms with Crippen molar-refractivity contribution in [2.24, 2.45) is 0 Å². The number of hydrogen-bond acceptors (Lipinski definition) is 6. The van der Waals surface area contributed by atoms with Crippen molar-refractivity contribution < 1.29 is 14.3 Å². The molecule has 0 unspecified atom stereocenters. The monoisotopic (exact) mass is 465 g/mol. The summed E-state index contributed by atoms with van der Waals surface area (Å²) in [5.41, 5.74) is 1.12. The predicted octanol–water partition coefficient (Wildman–Crippen LogP) is 3.81. The average molecular weight is 466 g/mol. The Morgan fingerprint density at radius 1 is 0.939 bits per heavy atom. The Balaban J connectivity index is 1.22. The fourth-order valence-electron chi connectivity index (χ4n) is 3.81. The molecule has 0 aliphatic carbocycles. The van der Waals surface area contributed by atoms with E-state index in [0.29, 0.717) is 18.9 Å². The van der Waals surface area contributed by atoms with Crippen LogP contribution in [-0.2, 0) is 11.4 Å². The van der Waals surface area contributed by atoms with E-state index in [-0.39, 0.29) is 18.6 Å². The summed E-state index contributed by atoms with van der Waals surface area (Å²) in [6, 6.07) is 21.8. The second kappa shape index (κ2) is 11.8.